The van der Waals surface area contributed by atoms with Crippen molar-refractivity contribution in [2.45, 2.75) is 39.7 Å². The van der Waals surface area contributed by atoms with E-state index in [1.165, 1.54) is 19.3 Å². The standard InChI is InChI=1S/C19H24N4O/c1-14-8-4-5-9-17(14)18(24)20-13-16-12-15(2)21-19(22-16)23-10-6-3-7-11-23/h4-5,8-9,12H,3,6-7,10-11,13H2,1-2H3,(H,20,24). The molecule has 1 aliphatic rings. The van der Waals surface area contributed by atoms with Gasteiger partial charge in [-0.25, -0.2) is 9.97 Å². The predicted octanol–water partition coefficient (Wildman–Crippen LogP) is 3.01. The molecule has 0 spiro atoms. The number of aromatic nitrogens is 2. The average molecular weight is 324 g/mol. The summed E-state index contributed by atoms with van der Waals surface area (Å²) >= 11 is 0. The lowest BCUT2D eigenvalue weighted by Gasteiger charge is -2.27. The Labute approximate surface area is 143 Å². The topological polar surface area (TPSA) is 58.1 Å². The molecular formula is C19H24N4O. The van der Waals surface area contributed by atoms with Crippen LogP contribution in [0.25, 0.3) is 0 Å². The number of amides is 1. The van der Waals surface area contributed by atoms with Gasteiger partial charge in [-0.15, -0.1) is 0 Å². The van der Waals surface area contributed by atoms with Crippen LogP contribution < -0.4 is 10.2 Å². The van der Waals surface area contributed by atoms with E-state index in [4.69, 9.17) is 0 Å². The van der Waals surface area contributed by atoms with Crippen molar-refractivity contribution < 1.29 is 4.79 Å². The minimum atomic E-state index is -0.0658. The molecule has 1 fully saturated rings. The van der Waals surface area contributed by atoms with Crippen molar-refractivity contribution in [2.24, 2.45) is 0 Å². The van der Waals surface area contributed by atoms with E-state index in [9.17, 15) is 4.79 Å². The summed E-state index contributed by atoms with van der Waals surface area (Å²) in [5.74, 6) is 0.721. The number of anilines is 1. The maximum absolute atomic E-state index is 12.3. The highest BCUT2D eigenvalue weighted by Crippen LogP contribution is 2.16. The van der Waals surface area contributed by atoms with Gasteiger partial charge in [0.15, 0.2) is 0 Å². The van der Waals surface area contributed by atoms with Crippen LogP contribution in [-0.4, -0.2) is 29.0 Å². The molecule has 1 N–H and O–H groups in total. The van der Waals surface area contributed by atoms with Gasteiger partial charge in [0.05, 0.1) is 12.2 Å². The van der Waals surface area contributed by atoms with Gasteiger partial charge in [-0.1, -0.05) is 18.2 Å². The minimum Gasteiger partial charge on any atom is -0.346 e. The first-order chi connectivity index (χ1) is 11.6. The number of carbonyl (C=O) groups excluding carboxylic acids is 1. The van der Waals surface area contributed by atoms with Gasteiger partial charge in [-0.05, 0) is 50.8 Å². The van der Waals surface area contributed by atoms with E-state index in [2.05, 4.69) is 20.2 Å². The summed E-state index contributed by atoms with van der Waals surface area (Å²) in [6.07, 6.45) is 3.66. The Morgan fingerprint density at radius 1 is 1.12 bits per heavy atom. The highest BCUT2D eigenvalue weighted by atomic mass is 16.1. The molecule has 0 aliphatic carbocycles. The maximum atomic E-state index is 12.3. The van der Waals surface area contributed by atoms with Crippen molar-refractivity contribution in [3.63, 3.8) is 0 Å². The Morgan fingerprint density at radius 2 is 1.88 bits per heavy atom. The summed E-state index contributed by atoms with van der Waals surface area (Å²) in [5, 5.41) is 2.97. The van der Waals surface area contributed by atoms with Crippen molar-refractivity contribution in [2.75, 3.05) is 18.0 Å². The number of nitrogens with zero attached hydrogens (tertiary/aromatic N) is 3. The summed E-state index contributed by atoms with van der Waals surface area (Å²) in [6, 6.07) is 9.54. The molecule has 24 heavy (non-hydrogen) atoms. The molecule has 1 amide bonds. The molecule has 1 saturated heterocycles. The first-order valence-corrected chi connectivity index (χ1v) is 8.57. The normalized spacial score (nSPS) is 14.5. The fourth-order valence-electron chi connectivity index (χ4n) is 3.04. The Bertz CT molecular complexity index is 723. The number of nitrogens with one attached hydrogen (secondary N) is 1. The lowest BCUT2D eigenvalue weighted by atomic mass is 10.1. The van der Waals surface area contributed by atoms with E-state index < -0.39 is 0 Å². The van der Waals surface area contributed by atoms with Crippen LogP contribution >= 0.6 is 0 Å². The van der Waals surface area contributed by atoms with Crippen LogP contribution in [0.15, 0.2) is 30.3 Å². The molecule has 0 atom stereocenters. The van der Waals surface area contributed by atoms with Gasteiger partial charge in [0.25, 0.3) is 5.91 Å². The second-order valence-corrected chi connectivity index (χ2v) is 6.35. The van der Waals surface area contributed by atoms with Crippen LogP contribution in [0.1, 0.15) is 46.6 Å². The first-order valence-electron chi connectivity index (χ1n) is 8.57. The van der Waals surface area contributed by atoms with Gasteiger partial charge in [0.2, 0.25) is 5.95 Å². The summed E-state index contributed by atoms with van der Waals surface area (Å²) in [4.78, 5) is 23.8. The van der Waals surface area contributed by atoms with Crippen LogP contribution in [0.3, 0.4) is 0 Å². The number of piperidine rings is 1. The zero-order valence-corrected chi connectivity index (χ0v) is 14.4. The zero-order chi connectivity index (χ0) is 16.9. The third-order valence-electron chi connectivity index (χ3n) is 4.35. The molecule has 5 nitrogen and oxygen atoms in total. The van der Waals surface area contributed by atoms with Crippen LogP contribution in [0.4, 0.5) is 5.95 Å². The highest BCUT2D eigenvalue weighted by molar-refractivity contribution is 5.95. The second-order valence-electron chi connectivity index (χ2n) is 6.35. The first kappa shape index (κ1) is 16.4. The van der Waals surface area contributed by atoms with Gasteiger partial charge in [0.1, 0.15) is 0 Å². The van der Waals surface area contributed by atoms with Crippen LogP contribution in [0.5, 0.6) is 0 Å². The Morgan fingerprint density at radius 3 is 2.62 bits per heavy atom. The van der Waals surface area contributed by atoms with E-state index in [1.807, 2.05) is 44.2 Å². The van der Waals surface area contributed by atoms with E-state index in [1.54, 1.807) is 0 Å². The SMILES string of the molecule is Cc1cc(CNC(=O)c2ccccc2C)nc(N2CCCCC2)n1. The number of carbonyl (C=O) groups is 1. The van der Waals surface area contributed by atoms with E-state index >= 15 is 0 Å². The molecular weight excluding hydrogens is 300 g/mol. The van der Waals surface area contributed by atoms with Crippen molar-refractivity contribution in [3.8, 4) is 0 Å². The molecule has 2 aromatic rings. The van der Waals surface area contributed by atoms with Gasteiger partial charge >= 0.3 is 0 Å². The minimum absolute atomic E-state index is 0.0658. The molecule has 1 aliphatic heterocycles. The van der Waals surface area contributed by atoms with Gasteiger partial charge in [0, 0.05) is 24.3 Å². The number of hydrogen-bond acceptors (Lipinski definition) is 4. The van der Waals surface area contributed by atoms with E-state index in [0.29, 0.717) is 12.1 Å². The maximum Gasteiger partial charge on any atom is 0.251 e. The molecule has 0 radical (unpaired) electrons. The lowest BCUT2D eigenvalue weighted by molar-refractivity contribution is 0.0950. The molecule has 0 saturated carbocycles. The largest absolute Gasteiger partial charge is 0.346 e. The second kappa shape index (κ2) is 7.43. The van der Waals surface area contributed by atoms with Crippen molar-refractivity contribution in [3.05, 3.63) is 52.8 Å². The van der Waals surface area contributed by atoms with Crippen molar-refractivity contribution in [1.29, 1.82) is 0 Å². The van der Waals surface area contributed by atoms with Crippen molar-refractivity contribution in [1.82, 2.24) is 15.3 Å². The highest BCUT2D eigenvalue weighted by Gasteiger charge is 2.15. The molecule has 2 heterocycles. The van der Waals surface area contributed by atoms with Crippen LogP contribution in [0.2, 0.25) is 0 Å². The number of hydrogen-bond donors (Lipinski definition) is 1. The molecule has 0 bridgehead atoms. The molecule has 126 valence electrons. The Kier molecular flexibility index (Phi) is 5.08. The van der Waals surface area contributed by atoms with Crippen LogP contribution in [-0.2, 0) is 6.54 Å². The molecule has 5 heteroatoms. The van der Waals surface area contributed by atoms with Gasteiger partial charge in [-0.2, -0.15) is 0 Å². The summed E-state index contributed by atoms with van der Waals surface area (Å²) in [6.45, 7) is 6.36. The smallest absolute Gasteiger partial charge is 0.251 e. The number of rotatable bonds is 4. The molecule has 1 aromatic carbocycles. The average Bonchev–Trinajstić information content (AvgIpc) is 2.60. The van der Waals surface area contributed by atoms with Crippen LogP contribution in [0, 0.1) is 13.8 Å². The zero-order valence-electron chi connectivity index (χ0n) is 14.4. The van der Waals surface area contributed by atoms with Gasteiger partial charge < -0.3 is 10.2 Å². The van der Waals surface area contributed by atoms with E-state index in [0.717, 1.165) is 36.0 Å². The summed E-state index contributed by atoms with van der Waals surface area (Å²) in [5.41, 5.74) is 3.47. The third-order valence-corrected chi connectivity index (χ3v) is 4.35. The van der Waals surface area contributed by atoms with Crippen molar-refractivity contribution >= 4 is 11.9 Å². The fraction of sp³-hybridized carbons (Fsp3) is 0.421. The predicted molar refractivity (Wildman–Crippen MR) is 95.2 cm³/mol. The summed E-state index contributed by atoms with van der Waals surface area (Å²) < 4.78 is 0. The Balaban J connectivity index is 1.70. The number of benzene rings is 1. The monoisotopic (exact) mass is 324 g/mol. The Hall–Kier alpha value is -2.43. The van der Waals surface area contributed by atoms with E-state index in [-0.39, 0.29) is 5.91 Å². The molecule has 1 aromatic heterocycles. The van der Waals surface area contributed by atoms with Gasteiger partial charge in [-0.3, -0.25) is 4.79 Å². The number of aryl methyl sites for hydroxylation is 2. The fourth-order valence-corrected chi connectivity index (χ4v) is 3.04. The third kappa shape index (κ3) is 3.91. The lowest BCUT2D eigenvalue weighted by Crippen LogP contribution is -2.32. The molecule has 0 unspecified atom stereocenters. The quantitative estimate of drug-likeness (QED) is 0.939. The summed E-state index contributed by atoms with van der Waals surface area (Å²) in [7, 11) is 0. The molecule has 3 rings (SSSR count).